The molecule has 1 aliphatic rings. The van der Waals surface area contributed by atoms with Crippen LogP contribution in [0.2, 0.25) is 5.02 Å². The van der Waals surface area contributed by atoms with Gasteiger partial charge in [0, 0.05) is 11.6 Å². The Bertz CT molecular complexity index is 1260. The highest BCUT2D eigenvalue weighted by molar-refractivity contribution is 6.30. The normalized spacial score (nSPS) is 14.3. The summed E-state index contributed by atoms with van der Waals surface area (Å²) in [6.45, 7) is 2.61. The van der Waals surface area contributed by atoms with Gasteiger partial charge < -0.3 is 28.6 Å². The van der Waals surface area contributed by atoms with Gasteiger partial charge in [-0.2, -0.15) is 0 Å². The molecule has 0 bridgehead atoms. The van der Waals surface area contributed by atoms with Crippen LogP contribution in [0, 0.1) is 0 Å². The first-order valence-electron chi connectivity index (χ1n) is 12.3. The van der Waals surface area contributed by atoms with Crippen LogP contribution in [0.3, 0.4) is 0 Å². The van der Waals surface area contributed by atoms with Gasteiger partial charge in [-0.25, -0.2) is 4.79 Å². The molecule has 0 spiro atoms. The molecule has 0 aliphatic carbocycles. The van der Waals surface area contributed by atoms with E-state index in [-0.39, 0.29) is 19.1 Å². The van der Waals surface area contributed by atoms with E-state index in [0.717, 1.165) is 11.1 Å². The zero-order valence-electron chi connectivity index (χ0n) is 21.6. The van der Waals surface area contributed by atoms with Crippen LogP contribution in [-0.2, 0) is 16.0 Å². The Kier molecular flexibility index (Phi) is 8.97. The molecule has 4 rings (SSSR count). The third kappa shape index (κ3) is 6.31. The smallest absolute Gasteiger partial charge is 0.338 e. The SMILES string of the molecule is CCOC(=O)c1ccc(OC[C@H]2c3cc(OC)c(OC)cc3CCN2C(=O)COc2ccc(Cl)cc2)cc1. The van der Waals surface area contributed by atoms with Gasteiger partial charge in [-0.15, -0.1) is 0 Å². The lowest BCUT2D eigenvalue weighted by atomic mass is 9.92. The van der Waals surface area contributed by atoms with E-state index in [0.29, 0.717) is 53.2 Å². The van der Waals surface area contributed by atoms with Gasteiger partial charge in [0.05, 0.1) is 32.4 Å². The first-order chi connectivity index (χ1) is 18.4. The maximum atomic E-state index is 13.3. The maximum Gasteiger partial charge on any atom is 0.338 e. The second-order valence-electron chi connectivity index (χ2n) is 8.56. The van der Waals surface area contributed by atoms with Crippen molar-refractivity contribution in [2.75, 3.05) is 40.6 Å². The molecule has 0 radical (unpaired) electrons. The second kappa shape index (κ2) is 12.6. The van der Waals surface area contributed by atoms with Crippen molar-refractivity contribution in [3.8, 4) is 23.0 Å². The summed E-state index contributed by atoms with van der Waals surface area (Å²) in [6, 6.07) is 17.0. The summed E-state index contributed by atoms with van der Waals surface area (Å²) < 4.78 is 27.9. The molecular formula is C29H30ClNO7. The molecule has 1 heterocycles. The summed E-state index contributed by atoms with van der Waals surface area (Å²) in [7, 11) is 3.17. The molecule has 0 N–H and O–H groups in total. The van der Waals surface area contributed by atoms with Crippen LogP contribution in [0.4, 0.5) is 0 Å². The van der Waals surface area contributed by atoms with Gasteiger partial charge >= 0.3 is 5.97 Å². The number of nitrogens with zero attached hydrogens (tertiary/aromatic N) is 1. The highest BCUT2D eigenvalue weighted by Gasteiger charge is 2.33. The number of carbonyl (C=O) groups excluding carboxylic acids is 2. The minimum atomic E-state index is -0.399. The van der Waals surface area contributed by atoms with Gasteiger partial charge in [-0.1, -0.05) is 11.6 Å². The molecule has 1 aliphatic heterocycles. The Morgan fingerprint density at radius 2 is 1.55 bits per heavy atom. The molecule has 0 saturated heterocycles. The predicted octanol–water partition coefficient (Wildman–Crippen LogP) is 5.12. The van der Waals surface area contributed by atoms with Crippen molar-refractivity contribution >= 4 is 23.5 Å². The summed E-state index contributed by atoms with van der Waals surface area (Å²) in [6.07, 6.45) is 0.646. The van der Waals surface area contributed by atoms with Gasteiger partial charge in [-0.05, 0) is 85.1 Å². The van der Waals surface area contributed by atoms with Crippen molar-refractivity contribution in [3.05, 3.63) is 82.4 Å². The summed E-state index contributed by atoms with van der Waals surface area (Å²) >= 11 is 5.95. The number of esters is 1. The number of methoxy groups -OCH3 is 2. The number of benzene rings is 3. The van der Waals surface area contributed by atoms with E-state index in [1.165, 1.54) is 0 Å². The van der Waals surface area contributed by atoms with Crippen LogP contribution in [0.25, 0.3) is 0 Å². The van der Waals surface area contributed by atoms with E-state index >= 15 is 0 Å². The number of hydrogen-bond acceptors (Lipinski definition) is 7. The fourth-order valence-corrected chi connectivity index (χ4v) is 4.47. The molecule has 3 aromatic carbocycles. The van der Waals surface area contributed by atoms with E-state index in [4.69, 9.17) is 35.3 Å². The van der Waals surface area contributed by atoms with Crippen LogP contribution in [0.15, 0.2) is 60.7 Å². The Morgan fingerprint density at radius 3 is 2.21 bits per heavy atom. The lowest BCUT2D eigenvalue weighted by Crippen LogP contribution is -2.44. The number of fused-ring (bicyclic) bond motifs is 1. The number of carbonyl (C=O) groups is 2. The van der Waals surface area contributed by atoms with Crippen molar-refractivity contribution in [1.29, 1.82) is 0 Å². The van der Waals surface area contributed by atoms with Crippen LogP contribution >= 0.6 is 11.6 Å². The average Bonchev–Trinajstić information content (AvgIpc) is 2.94. The van der Waals surface area contributed by atoms with Crippen molar-refractivity contribution in [2.24, 2.45) is 0 Å². The van der Waals surface area contributed by atoms with E-state index in [2.05, 4.69) is 0 Å². The minimum Gasteiger partial charge on any atom is -0.493 e. The fraction of sp³-hybridized carbons (Fsp3) is 0.310. The molecule has 0 saturated carbocycles. The highest BCUT2D eigenvalue weighted by atomic mass is 35.5. The molecule has 3 aromatic rings. The molecule has 200 valence electrons. The third-order valence-corrected chi connectivity index (χ3v) is 6.52. The highest BCUT2D eigenvalue weighted by Crippen LogP contribution is 2.38. The van der Waals surface area contributed by atoms with Gasteiger partial charge in [0.15, 0.2) is 18.1 Å². The van der Waals surface area contributed by atoms with E-state index in [1.807, 2.05) is 12.1 Å². The van der Waals surface area contributed by atoms with E-state index in [1.54, 1.807) is 74.6 Å². The first-order valence-corrected chi connectivity index (χ1v) is 12.6. The van der Waals surface area contributed by atoms with Crippen LogP contribution < -0.4 is 18.9 Å². The second-order valence-corrected chi connectivity index (χ2v) is 8.99. The Hall–Kier alpha value is -3.91. The maximum absolute atomic E-state index is 13.3. The molecule has 0 aromatic heterocycles. The molecule has 38 heavy (non-hydrogen) atoms. The van der Waals surface area contributed by atoms with Crippen LogP contribution in [0.1, 0.15) is 34.5 Å². The lowest BCUT2D eigenvalue weighted by Gasteiger charge is -2.37. The molecular weight excluding hydrogens is 510 g/mol. The molecule has 9 heteroatoms. The van der Waals surface area contributed by atoms with Crippen molar-refractivity contribution in [2.45, 2.75) is 19.4 Å². The summed E-state index contributed by atoms with van der Waals surface area (Å²) in [5.41, 5.74) is 2.41. The van der Waals surface area contributed by atoms with E-state index in [9.17, 15) is 9.59 Å². The number of halogens is 1. The fourth-order valence-electron chi connectivity index (χ4n) is 4.34. The van der Waals surface area contributed by atoms with Gasteiger partial charge in [-0.3, -0.25) is 4.79 Å². The Morgan fingerprint density at radius 1 is 0.921 bits per heavy atom. The van der Waals surface area contributed by atoms with Crippen molar-refractivity contribution in [1.82, 2.24) is 4.90 Å². The summed E-state index contributed by atoms with van der Waals surface area (Å²) in [4.78, 5) is 27.1. The number of amides is 1. The zero-order chi connectivity index (χ0) is 27.1. The lowest BCUT2D eigenvalue weighted by molar-refractivity contribution is -0.137. The summed E-state index contributed by atoms with van der Waals surface area (Å²) in [5, 5.41) is 0.591. The third-order valence-electron chi connectivity index (χ3n) is 6.27. The number of rotatable bonds is 10. The standard InChI is InChI=1S/C29H30ClNO7/c1-4-36-29(33)19-5-9-22(10-6-19)37-17-25-24-16-27(35-3)26(34-2)15-20(24)13-14-31(25)28(32)18-38-23-11-7-21(30)8-12-23/h5-12,15-16,25H,4,13-14,17-18H2,1-3H3/t25-/m0/s1. The molecule has 1 atom stereocenters. The van der Waals surface area contributed by atoms with Crippen LogP contribution in [0.5, 0.6) is 23.0 Å². The Balaban J connectivity index is 1.55. The minimum absolute atomic E-state index is 0.130. The van der Waals surface area contributed by atoms with Crippen LogP contribution in [-0.4, -0.2) is 57.4 Å². The molecule has 8 nitrogen and oxygen atoms in total. The summed E-state index contributed by atoms with van der Waals surface area (Å²) in [5.74, 6) is 1.76. The number of hydrogen-bond donors (Lipinski definition) is 0. The van der Waals surface area contributed by atoms with Gasteiger partial charge in [0.1, 0.15) is 18.1 Å². The van der Waals surface area contributed by atoms with Gasteiger partial charge in [0.2, 0.25) is 0 Å². The topological polar surface area (TPSA) is 83.5 Å². The predicted molar refractivity (Wildman–Crippen MR) is 143 cm³/mol. The van der Waals surface area contributed by atoms with Crippen molar-refractivity contribution in [3.63, 3.8) is 0 Å². The van der Waals surface area contributed by atoms with Gasteiger partial charge in [0.25, 0.3) is 5.91 Å². The number of ether oxygens (including phenoxy) is 5. The van der Waals surface area contributed by atoms with Crippen molar-refractivity contribution < 1.29 is 33.3 Å². The first kappa shape index (κ1) is 27.1. The Labute approximate surface area is 227 Å². The molecule has 0 fully saturated rings. The average molecular weight is 540 g/mol. The zero-order valence-corrected chi connectivity index (χ0v) is 22.3. The largest absolute Gasteiger partial charge is 0.493 e. The van der Waals surface area contributed by atoms with E-state index < -0.39 is 12.0 Å². The molecule has 0 unspecified atom stereocenters. The monoisotopic (exact) mass is 539 g/mol. The quantitative estimate of drug-likeness (QED) is 0.331. The molecule has 1 amide bonds.